The molecule has 1 saturated heterocycles. The van der Waals surface area contributed by atoms with Crippen LogP contribution < -0.4 is 10.6 Å². The van der Waals surface area contributed by atoms with Gasteiger partial charge in [0.15, 0.2) is 0 Å². The second kappa shape index (κ2) is 5.81. The lowest BCUT2D eigenvalue weighted by molar-refractivity contribution is -0.125. The minimum atomic E-state index is -0.807. The summed E-state index contributed by atoms with van der Waals surface area (Å²) in [6.45, 7) is -0.0479. The molecule has 1 aliphatic heterocycles. The standard InChI is InChI=1S/C13H16N2O4/c16-7-10(17)6-14-9-3-1-8(2-4-9)11-5-12(18)15-13(11)19/h1-4,10-11,14,16-17H,5-7H2,(H,15,18,19). The summed E-state index contributed by atoms with van der Waals surface area (Å²) in [6.07, 6.45) is -0.618. The molecule has 6 nitrogen and oxygen atoms in total. The second-order valence-corrected chi connectivity index (χ2v) is 4.51. The van der Waals surface area contributed by atoms with Crippen molar-refractivity contribution in [1.82, 2.24) is 5.32 Å². The van der Waals surface area contributed by atoms with Gasteiger partial charge >= 0.3 is 0 Å². The molecule has 102 valence electrons. The third kappa shape index (κ3) is 3.30. The molecule has 2 rings (SSSR count). The van der Waals surface area contributed by atoms with Gasteiger partial charge in [-0.1, -0.05) is 12.1 Å². The van der Waals surface area contributed by atoms with Gasteiger partial charge in [0.1, 0.15) is 0 Å². The topological polar surface area (TPSA) is 98.7 Å². The van der Waals surface area contributed by atoms with Crippen LogP contribution in [0.15, 0.2) is 24.3 Å². The molecule has 0 bridgehead atoms. The number of benzene rings is 1. The van der Waals surface area contributed by atoms with Gasteiger partial charge in [-0.25, -0.2) is 0 Å². The lowest BCUT2D eigenvalue weighted by Crippen LogP contribution is -2.23. The summed E-state index contributed by atoms with van der Waals surface area (Å²) in [6, 6.07) is 7.10. The van der Waals surface area contributed by atoms with Crippen LogP contribution in [0.1, 0.15) is 17.9 Å². The number of carbonyl (C=O) groups is 2. The molecule has 0 aromatic heterocycles. The average molecular weight is 264 g/mol. The number of anilines is 1. The van der Waals surface area contributed by atoms with Crippen molar-refractivity contribution >= 4 is 17.5 Å². The molecular weight excluding hydrogens is 248 g/mol. The maximum Gasteiger partial charge on any atom is 0.234 e. The third-order valence-corrected chi connectivity index (χ3v) is 3.03. The summed E-state index contributed by atoms with van der Waals surface area (Å²) in [4.78, 5) is 22.6. The number of aliphatic hydroxyl groups is 2. The van der Waals surface area contributed by atoms with E-state index in [9.17, 15) is 14.7 Å². The minimum Gasteiger partial charge on any atom is -0.394 e. The van der Waals surface area contributed by atoms with E-state index in [0.29, 0.717) is 0 Å². The lowest BCUT2D eigenvalue weighted by atomic mass is 9.97. The van der Waals surface area contributed by atoms with E-state index in [2.05, 4.69) is 10.6 Å². The summed E-state index contributed by atoms with van der Waals surface area (Å²) in [7, 11) is 0. The average Bonchev–Trinajstić information content (AvgIpc) is 2.75. The van der Waals surface area contributed by atoms with E-state index >= 15 is 0 Å². The third-order valence-electron chi connectivity index (χ3n) is 3.03. The molecule has 0 radical (unpaired) electrons. The van der Waals surface area contributed by atoms with Gasteiger partial charge < -0.3 is 15.5 Å². The van der Waals surface area contributed by atoms with E-state index in [1.165, 1.54) is 0 Å². The molecule has 1 aliphatic rings. The Labute approximate surface area is 110 Å². The van der Waals surface area contributed by atoms with Gasteiger partial charge in [-0.3, -0.25) is 14.9 Å². The molecule has 4 N–H and O–H groups in total. The fraction of sp³-hybridized carbons (Fsp3) is 0.385. The molecule has 1 aromatic rings. The van der Waals surface area contributed by atoms with Crippen molar-refractivity contribution in [3.8, 4) is 0 Å². The van der Waals surface area contributed by atoms with Gasteiger partial charge in [-0.2, -0.15) is 0 Å². The molecule has 6 heteroatoms. The second-order valence-electron chi connectivity index (χ2n) is 4.51. The molecular formula is C13H16N2O4. The molecule has 1 heterocycles. The Morgan fingerprint density at radius 3 is 2.53 bits per heavy atom. The Kier molecular flexibility index (Phi) is 4.13. The number of nitrogens with one attached hydrogen (secondary N) is 2. The quantitative estimate of drug-likeness (QED) is 0.542. The fourth-order valence-corrected chi connectivity index (χ4v) is 1.96. The SMILES string of the molecule is O=C1CC(c2ccc(NCC(O)CO)cc2)C(=O)N1. The molecule has 2 amide bonds. The molecule has 0 aliphatic carbocycles. The molecule has 1 aromatic carbocycles. The predicted octanol–water partition coefficient (Wildman–Crippen LogP) is -0.418. The van der Waals surface area contributed by atoms with Crippen molar-refractivity contribution in [2.24, 2.45) is 0 Å². The molecule has 2 unspecified atom stereocenters. The van der Waals surface area contributed by atoms with Gasteiger partial charge in [0.2, 0.25) is 11.8 Å². The Morgan fingerprint density at radius 2 is 2.00 bits per heavy atom. The number of carbonyl (C=O) groups excluding carboxylic acids is 2. The zero-order chi connectivity index (χ0) is 13.8. The monoisotopic (exact) mass is 264 g/mol. The Bertz CT molecular complexity index is 472. The zero-order valence-electron chi connectivity index (χ0n) is 10.3. The summed E-state index contributed by atoms with van der Waals surface area (Å²) in [5.74, 6) is -0.922. The van der Waals surface area contributed by atoms with Crippen molar-refractivity contribution in [2.45, 2.75) is 18.4 Å². The molecule has 19 heavy (non-hydrogen) atoms. The van der Waals surface area contributed by atoms with Crippen molar-refractivity contribution in [2.75, 3.05) is 18.5 Å². The highest BCUT2D eigenvalue weighted by Crippen LogP contribution is 2.25. The molecule has 2 atom stereocenters. The van der Waals surface area contributed by atoms with Crippen molar-refractivity contribution in [3.63, 3.8) is 0 Å². The van der Waals surface area contributed by atoms with E-state index in [0.717, 1.165) is 11.3 Å². The zero-order valence-corrected chi connectivity index (χ0v) is 10.3. The summed E-state index contributed by atoms with van der Waals surface area (Å²) in [5.41, 5.74) is 1.57. The van der Waals surface area contributed by atoms with Crippen LogP contribution in [0.5, 0.6) is 0 Å². The number of rotatable bonds is 5. The van der Waals surface area contributed by atoms with Crippen molar-refractivity contribution in [1.29, 1.82) is 0 Å². The maximum absolute atomic E-state index is 11.5. The van der Waals surface area contributed by atoms with Crippen LogP contribution in [0, 0.1) is 0 Å². The summed E-state index contributed by atoms with van der Waals surface area (Å²) >= 11 is 0. The highest BCUT2D eigenvalue weighted by molar-refractivity contribution is 6.06. The first-order chi connectivity index (χ1) is 9.10. The number of aliphatic hydroxyl groups excluding tert-OH is 2. The van der Waals surface area contributed by atoms with Crippen molar-refractivity contribution < 1.29 is 19.8 Å². The summed E-state index contributed by atoms with van der Waals surface area (Å²) < 4.78 is 0. The van der Waals surface area contributed by atoms with E-state index in [-0.39, 0.29) is 31.4 Å². The van der Waals surface area contributed by atoms with Crippen LogP contribution in [0.2, 0.25) is 0 Å². The maximum atomic E-state index is 11.5. The predicted molar refractivity (Wildman–Crippen MR) is 68.5 cm³/mol. The highest BCUT2D eigenvalue weighted by Gasteiger charge is 2.31. The highest BCUT2D eigenvalue weighted by atomic mass is 16.3. The van der Waals surface area contributed by atoms with E-state index < -0.39 is 12.0 Å². The number of imide groups is 1. The minimum absolute atomic E-state index is 0.189. The molecule has 0 spiro atoms. The van der Waals surface area contributed by atoms with E-state index in [1.807, 2.05) is 0 Å². The van der Waals surface area contributed by atoms with Gasteiger partial charge in [-0.05, 0) is 17.7 Å². The van der Waals surface area contributed by atoms with Crippen LogP contribution in [-0.2, 0) is 9.59 Å². The fourth-order valence-electron chi connectivity index (χ4n) is 1.96. The van der Waals surface area contributed by atoms with Gasteiger partial charge in [-0.15, -0.1) is 0 Å². The van der Waals surface area contributed by atoms with Gasteiger partial charge in [0, 0.05) is 18.7 Å². The largest absolute Gasteiger partial charge is 0.394 e. The molecule has 1 fully saturated rings. The molecule has 0 saturated carbocycles. The Morgan fingerprint density at radius 1 is 1.32 bits per heavy atom. The Balaban J connectivity index is 1.98. The number of hydrogen-bond acceptors (Lipinski definition) is 5. The first-order valence-electron chi connectivity index (χ1n) is 6.06. The lowest BCUT2D eigenvalue weighted by Gasteiger charge is -2.11. The first-order valence-corrected chi connectivity index (χ1v) is 6.06. The van der Waals surface area contributed by atoms with Crippen LogP contribution in [0.3, 0.4) is 0 Å². The number of amides is 2. The van der Waals surface area contributed by atoms with Crippen LogP contribution in [-0.4, -0.2) is 41.3 Å². The number of hydrogen-bond donors (Lipinski definition) is 4. The Hall–Kier alpha value is -1.92. The van der Waals surface area contributed by atoms with Gasteiger partial charge in [0.05, 0.1) is 18.6 Å². The summed E-state index contributed by atoms with van der Waals surface area (Å²) in [5, 5.41) is 23.1. The normalized spacial score (nSPS) is 20.2. The van der Waals surface area contributed by atoms with E-state index in [1.54, 1.807) is 24.3 Å². The smallest absolute Gasteiger partial charge is 0.234 e. The van der Waals surface area contributed by atoms with Crippen LogP contribution in [0.25, 0.3) is 0 Å². The van der Waals surface area contributed by atoms with E-state index in [4.69, 9.17) is 5.11 Å². The van der Waals surface area contributed by atoms with Gasteiger partial charge in [0.25, 0.3) is 0 Å². The first kappa shape index (κ1) is 13.5. The van der Waals surface area contributed by atoms with Crippen molar-refractivity contribution in [3.05, 3.63) is 29.8 Å². The van der Waals surface area contributed by atoms with Crippen LogP contribution >= 0.6 is 0 Å². The van der Waals surface area contributed by atoms with Crippen LogP contribution in [0.4, 0.5) is 5.69 Å².